The number of hydrogen-bond acceptors (Lipinski definition) is 3. The van der Waals surface area contributed by atoms with E-state index >= 15 is 0 Å². The van der Waals surface area contributed by atoms with Crippen LogP contribution in [0.1, 0.15) is 44.0 Å². The van der Waals surface area contributed by atoms with Gasteiger partial charge in [-0.15, -0.1) is 0 Å². The summed E-state index contributed by atoms with van der Waals surface area (Å²) in [7, 11) is 0. The van der Waals surface area contributed by atoms with Gasteiger partial charge >= 0.3 is 0 Å². The predicted octanol–water partition coefficient (Wildman–Crippen LogP) is 2.88. The first-order valence-electron chi connectivity index (χ1n) is 6.63. The van der Waals surface area contributed by atoms with Crippen LogP contribution in [0, 0.1) is 0 Å². The van der Waals surface area contributed by atoms with Gasteiger partial charge in [-0.1, -0.05) is 26.0 Å². The minimum Gasteiger partial charge on any atom is -0.395 e. The van der Waals surface area contributed by atoms with E-state index in [-0.39, 0.29) is 12.4 Å². The van der Waals surface area contributed by atoms with E-state index in [1.807, 2.05) is 24.3 Å². The van der Waals surface area contributed by atoms with E-state index in [1.54, 1.807) is 6.92 Å². The van der Waals surface area contributed by atoms with Gasteiger partial charge in [-0.3, -0.25) is 4.79 Å². The minimum atomic E-state index is 0.0690. The zero-order chi connectivity index (χ0) is 13.5. The van der Waals surface area contributed by atoms with Gasteiger partial charge in [0.05, 0.1) is 6.61 Å². The molecule has 1 aromatic rings. The summed E-state index contributed by atoms with van der Waals surface area (Å²) in [6, 6.07) is 7.99. The number of para-hydroxylation sites is 1. The highest BCUT2D eigenvalue weighted by atomic mass is 16.3. The van der Waals surface area contributed by atoms with Gasteiger partial charge in [-0.05, 0) is 31.9 Å². The van der Waals surface area contributed by atoms with Gasteiger partial charge in [0.1, 0.15) is 0 Å². The molecule has 18 heavy (non-hydrogen) atoms. The number of ketones is 1. The van der Waals surface area contributed by atoms with Crippen LogP contribution in [-0.2, 0) is 0 Å². The van der Waals surface area contributed by atoms with E-state index in [1.165, 1.54) is 0 Å². The SMILES string of the molecule is CCC(CC)N(CCO)c1ccccc1C(C)=O. The third-order valence-electron chi connectivity index (χ3n) is 3.32. The lowest BCUT2D eigenvalue weighted by atomic mass is 10.0. The maximum atomic E-state index is 11.7. The van der Waals surface area contributed by atoms with Crippen molar-refractivity contribution in [3.05, 3.63) is 29.8 Å². The normalized spacial score (nSPS) is 10.7. The molecule has 0 fully saturated rings. The molecule has 1 aromatic carbocycles. The standard InChI is InChI=1S/C15H23NO2/c1-4-13(5-2)16(10-11-17)15-9-7-6-8-14(15)12(3)18/h6-9,13,17H,4-5,10-11H2,1-3H3. The lowest BCUT2D eigenvalue weighted by Gasteiger charge is -2.33. The van der Waals surface area contributed by atoms with Gasteiger partial charge in [0, 0.05) is 23.8 Å². The van der Waals surface area contributed by atoms with Crippen molar-refractivity contribution >= 4 is 11.5 Å². The van der Waals surface area contributed by atoms with Gasteiger partial charge < -0.3 is 10.0 Å². The summed E-state index contributed by atoms with van der Waals surface area (Å²) in [5.41, 5.74) is 1.67. The molecule has 0 heterocycles. The van der Waals surface area contributed by atoms with Crippen molar-refractivity contribution in [1.29, 1.82) is 0 Å². The van der Waals surface area contributed by atoms with Crippen molar-refractivity contribution in [3.8, 4) is 0 Å². The first kappa shape index (κ1) is 14.7. The molecule has 0 saturated carbocycles. The van der Waals surface area contributed by atoms with Crippen LogP contribution in [0.15, 0.2) is 24.3 Å². The highest BCUT2D eigenvalue weighted by Gasteiger charge is 2.19. The first-order chi connectivity index (χ1) is 8.65. The number of rotatable bonds is 7. The number of anilines is 1. The monoisotopic (exact) mass is 249 g/mol. The summed E-state index contributed by atoms with van der Waals surface area (Å²) in [5, 5.41) is 9.24. The fourth-order valence-corrected chi connectivity index (χ4v) is 2.36. The molecule has 0 aliphatic carbocycles. The Hall–Kier alpha value is -1.35. The topological polar surface area (TPSA) is 40.5 Å². The van der Waals surface area contributed by atoms with Gasteiger partial charge in [0.15, 0.2) is 5.78 Å². The Kier molecular flexibility index (Phi) is 5.86. The largest absolute Gasteiger partial charge is 0.395 e. The number of carbonyl (C=O) groups is 1. The van der Waals surface area contributed by atoms with Crippen LogP contribution >= 0.6 is 0 Å². The molecule has 0 aliphatic rings. The fraction of sp³-hybridized carbons (Fsp3) is 0.533. The van der Waals surface area contributed by atoms with Crippen LogP contribution in [0.4, 0.5) is 5.69 Å². The summed E-state index contributed by atoms with van der Waals surface area (Å²) in [6.45, 7) is 6.52. The van der Waals surface area contributed by atoms with Crippen molar-refractivity contribution in [2.45, 2.75) is 39.7 Å². The fourth-order valence-electron chi connectivity index (χ4n) is 2.36. The molecule has 100 valence electrons. The van der Waals surface area contributed by atoms with Gasteiger partial charge in [0.25, 0.3) is 0 Å². The van der Waals surface area contributed by atoms with Crippen LogP contribution in [0.2, 0.25) is 0 Å². The smallest absolute Gasteiger partial charge is 0.161 e. The van der Waals surface area contributed by atoms with Crippen LogP contribution in [0.25, 0.3) is 0 Å². The number of nitrogens with zero attached hydrogens (tertiary/aromatic N) is 1. The van der Waals surface area contributed by atoms with Crippen molar-refractivity contribution in [2.24, 2.45) is 0 Å². The zero-order valence-electron chi connectivity index (χ0n) is 11.5. The molecule has 0 unspecified atom stereocenters. The Morgan fingerprint density at radius 2 is 1.89 bits per heavy atom. The van der Waals surface area contributed by atoms with Gasteiger partial charge in [-0.25, -0.2) is 0 Å². The van der Waals surface area contributed by atoms with Crippen LogP contribution in [0.5, 0.6) is 0 Å². The molecule has 0 amide bonds. The third kappa shape index (κ3) is 3.33. The highest BCUT2D eigenvalue weighted by molar-refractivity contribution is 5.99. The number of aliphatic hydroxyl groups is 1. The van der Waals surface area contributed by atoms with E-state index in [0.29, 0.717) is 12.6 Å². The van der Waals surface area contributed by atoms with E-state index in [4.69, 9.17) is 0 Å². The maximum absolute atomic E-state index is 11.7. The lowest BCUT2D eigenvalue weighted by Crippen LogP contribution is -2.37. The number of aliphatic hydroxyl groups excluding tert-OH is 1. The van der Waals surface area contributed by atoms with Gasteiger partial charge in [-0.2, -0.15) is 0 Å². The van der Waals surface area contributed by atoms with E-state index in [2.05, 4.69) is 18.7 Å². The van der Waals surface area contributed by atoms with Crippen LogP contribution < -0.4 is 4.90 Å². The lowest BCUT2D eigenvalue weighted by molar-refractivity contribution is 0.101. The van der Waals surface area contributed by atoms with Crippen LogP contribution in [0.3, 0.4) is 0 Å². The number of carbonyl (C=O) groups excluding carboxylic acids is 1. The van der Waals surface area contributed by atoms with E-state index < -0.39 is 0 Å². The average Bonchev–Trinajstić information content (AvgIpc) is 2.39. The molecule has 1 rings (SSSR count). The first-order valence-corrected chi connectivity index (χ1v) is 6.63. The molecular formula is C15H23NO2. The Morgan fingerprint density at radius 3 is 2.39 bits per heavy atom. The van der Waals surface area contributed by atoms with Crippen molar-refractivity contribution < 1.29 is 9.90 Å². The molecule has 0 saturated heterocycles. The molecule has 0 bridgehead atoms. The summed E-state index contributed by atoms with van der Waals surface area (Å²) in [4.78, 5) is 13.8. The molecule has 3 heteroatoms. The molecule has 3 nitrogen and oxygen atoms in total. The molecule has 0 spiro atoms. The minimum absolute atomic E-state index is 0.0690. The third-order valence-corrected chi connectivity index (χ3v) is 3.32. The van der Waals surface area contributed by atoms with Crippen LogP contribution in [-0.4, -0.2) is 30.1 Å². The van der Waals surface area contributed by atoms with Crippen molar-refractivity contribution in [3.63, 3.8) is 0 Å². The summed E-state index contributed by atoms with van der Waals surface area (Å²) in [5.74, 6) is 0.0690. The second-order valence-electron chi connectivity index (χ2n) is 4.46. The zero-order valence-corrected chi connectivity index (χ0v) is 11.5. The Labute approximate surface area is 109 Å². The second kappa shape index (κ2) is 7.17. The Morgan fingerprint density at radius 1 is 1.28 bits per heavy atom. The quantitative estimate of drug-likeness (QED) is 0.755. The summed E-state index contributed by atoms with van der Waals surface area (Å²) in [6.07, 6.45) is 2.01. The Bertz CT molecular complexity index is 386. The predicted molar refractivity (Wildman–Crippen MR) is 75.2 cm³/mol. The Balaban J connectivity index is 3.16. The van der Waals surface area contributed by atoms with E-state index in [0.717, 1.165) is 24.1 Å². The second-order valence-corrected chi connectivity index (χ2v) is 4.46. The maximum Gasteiger partial charge on any atom is 0.161 e. The van der Waals surface area contributed by atoms with Gasteiger partial charge in [0.2, 0.25) is 0 Å². The summed E-state index contributed by atoms with van der Waals surface area (Å²) >= 11 is 0. The van der Waals surface area contributed by atoms with Crippen molar-refractivity contribution in [1.82, 2.24) is 0 Å². The number of Topliss-reactive ketones (excluding diaryl/α,β-unsaturated/α-hetero) is 1. The molecule has 0 aromatic heterocycles. The molecule has 0 atom stereocenters. The molecule has 0 aliphatic heterocycles. The highest BCUT2D eigenvalue weighted by Crippen LogP contribution is 2.25. The molecule has 1 N–H and O–H groups in total. The molecular weight excluding hydrogens is 226 g/mol. The number of benzene rings is 1. The average molecular weight is 249 g/mol. The van der Waals surface area contributed by atoms with E-state index in [9.17, 15) is 9.90 Å². The summed E-state index contributed by atoms with van der Waals surface area (Å²) < 4.78 is 0. The molecule has 0 radical (unpaired) electrons. The number of hydrogen-bond donors (Lipinski definition) is 1. The van der Waals surface area contributed by atoms with Crippen molar-refractivity contribution in [2.75, 3.05) is 18.1 Å².